The lowest BCUT2D eigenvalue weighted by molar-refractivity contribution is 0.120. The van der Waals surface area contributed by atoms with Crippen LogP contribution >= 0.6 is 0 Å². The van der Waals surface area contributed by atoms with E-state index in [0.29, 0.717) is 0 Å². The first-order valence-corrected chi connectivity index (χ1v) is 11.2. The van der Waals surface area contributed by atoms with Gasteiger partial charge in [-0.3, -0.25) is 14.9 Å². The van der Waals surface area contributed by atoms with Gasteiger partial charge in [0.1, 0.15) is 0 Å². The van der Waals surface area contributed by atoms with Crippen LogP contribution in [0.4, 0.5) is 5.69 Å². The number of hydrogen-bond donors (Lipinski definition) is 2. The van der Waals surface area contributed by atoms with Gasteiger partial charge in [-0.15, -0.1) is 0 Å². The fourth-order valence-corrected chi connectivity index (χ4v) is 3.43. The Balaban J connectivity index is 1.66. The van der Waals surface area contributed by atoms with Crippen LogP contribution in [0.3, 0.4) is 0 Å². The molecule has 2 heterocycles. The highest BCUT2D eigenvalue weighted by molar-refractivity contribution is 5.82. The monoisotopic (exact) mass is 443 g/mol. The Bertz CT molecular complexity index is 1030. The topological polar surface area (TPSA) is 62.3 Å². The molecule has 0 amide bonds. The fraction of sp³-hybridized carbons (Fsp3) is 0.259. The fourth-order valence-electron chi connectivity index (χ4n) is 3.43. The van der Waals surface area contributed by atoms with Crippen molar-refractivity contribution in [1.82, 2.24) is 20.2 Å². The van der Waals surface area contributed by atoms with E-state index in [4.69, 9.17) is 4.74 Å². The molecule has 6 nitrogen and oxygen atoms in total. The highest BCUT2D eigenvalue weighted by atomic mass is 16.5. The summed E-state index contributed by atoms with van der Waals surface area (Å²) >= 11 is 0. The quantitative estimate of drug-likeness (QED) is 0.398. The van der Waals surface area contributed by atoms with Crippen LogP contribution in [0.25, 0.3) is 11.6 Å². The maximum atomic E-state index is 5.43. The van der Waals surface area contributed by atoms with Crippen molar-refractivity contribution in [3.05, 3.63) is 102 Å². The van der Waals surface area contributed by atoms with Gasteiger partial charge in [0.2, 0.25) is 0 Å². The molecular formula is C27H33N5O. The largest absolute Gasteiger partial charge is 0.393 e. The van der Waals surface area contributed by atoms with Crippen molar-refractivity contribution in [2.45, 2.75) is 13.5 Å². The van der Waals surface area contributed by atoms with Gasteiger partial charge in [-0.05, 0) is 61.5 Å². The molecule has 0 spiro atoms. The van der Waals surface area contributed by atoms with Gasteiger partial charge >= 0.3 is 0 Å². The first-order valence-electron chi connectivity index (χ1n) is 11.2. The van der Waals surface area contributed by atoms with Crippen molar-refractivity contribution < 1.29 is 4.74 Å². The van der Waals surface area contributed by atoms with E-state index < -0.39 is 0 Å². The lowest BCUT2D eigenvalue weighted by Crippen LogP contribution is -2.22. The average Bonchev–Trinajstić information content (AvgIpc) is 2.85. The number of aromatic nitrogens is 2. The molecule has 0 aliphatic carbocycles. The van der Waals surface area contributed by atoms with Gasteiger partial charge in [0.05, 0.1) is 12.3 Å². The zero-order chi connectivity index (χ0) is 23.3. The summed E-state index contributed by atoms with van der Waals surface area (Å²) in [5.41, 5.74) is 6.29. The van der Waals surface area contributed by atoms with Crippen molar-refractivity contribution in [3.8, 4) is 0 Å². The van der Waals surface area contributed by atoms with Crippen molar-refractivity contribution in [2.24, 2.45) is 0 Å². The van der Waals surface area contributed by atoms with Crippen LogP contribution < -0.4 is 10.6 Å². The highest BCUT2D eigenvalue weighted by Gasteiger charge is 2.09. The third-order valence-electron chi connectivity index (χ3n) is 5.11. The predicted molar refractivity (Wildman–Crippen MR) is 137 cm³/mol. The molecule has 0 bridgehead atoms. The molecule has 0 saturated heterocycles. The summed E-state index contributed by atoms with van der Waals surface area (Å²) in [6, 6.07) is 16.4. The molecule has 0 saturated carbocycles. The Hall–Kier alpha value is -3.48. The van der Waals surface area contributed by atoms with Crippen LogP contribution in [-0.2, 0) is 11.3 Å². The molecular weight excluding hydrogens is 410 g/mol. The van der Waals surface area contributed by atoms with E-state index in [0.717, 1.165) is 54.4 Å². The molecule has 3 rings (SSSR count). The third kappa shape index (κ3) is 7.56. The van der Waals surface area contributed by atoms with Gasteiger partial charge in [-0.2, -0.15) is 0 Å². The second-order valence-corrected chi connectivity index (χ2v) is 7.63. The number of ether oxygens (including phenoxy) is 1. The lowest BCUT2D eigenvalue weighted by atomic mass is 9.99. The van der Waals surface area contributed by atoms with Gasteiger partial charge in [-0.1, -0.05) is 18.2 Å². The van der Waals surface area contributed by atoms with E-state index in [1.165, 1.54) is 5.56 Å². The van der Waals surface area contributed by atoms with Crippen LogP contribution in [0.15, 0.2) is 79.5 Å². The molecule has 33 heavy (non-hydrogen) atoms. The second-order valence-electron chi connectivity index (χ2n) is 7.63. The summed E-state index contributed by atoms with van der Waals surface area (Å²) in [7, 11) is 4.00. The van der Waals surface area contributed by atoms with E-state index in [2.05, 4.69) is 56.8 Å². The van der Waals surface area contributed by atoms with Crippen molar-refractivity contribution >= 4 is 17.3 Å². The third-order valence-corrected chi connectivity index (χ3v) is 5.11. The van der Waals surface area contributed by atoms with Crippen LogP contribution in [0.5, 0.6) is 0 Å². The molecule has 2 aromatic heterocycles. The SMILES string of the molecule is CCOCCN(C)Cc1ccc(N/C=C/c2cnccc2C(=CNC)c2ccccn2)cc1. The van der Waals surface area contributed by atoms with Crippen LogP contribution in [-0.4, -0.2) is 48.7 Å². The number of nitrogens with zero attached hydrogens (tertiary/aromatic N) is 3. The first kappa shape index (κ1) is 24.2. The zero-order valence-electron chi connectivity index (χ0n) is 19.7. The van der Waals surface area contributed by atoms with Gasteiger partial charge in [-0.25, -0.2) is 0 Å². The highest BCUT2D eigenvalue weighted by Crippen LogP contribution is 2.25. The molecule has 0 unspecified atom stereocenters. The molecule has 0 aliphatic rings. The van der Waals surface area contributed by atoms with Crippen LogP contribution in [0, 0.1) is 0 Å². The van der Waals surface area contributed by atoms with E-state index in [1.54, 1.807) is 12.4 Å². The Morgan fingerprint density at radius 3 is 2.67 bits per heavy atom. The van der Waals surface area contributed by atoms with Crippen molar-refractivity contribution in [3.63, 3.8) is 0 Å². The number of hydrogen-bond acceptors (Lipinski definition) is 6. The molecule has 0 radical (unpaired) electrons. The van der Waals surface area contributed by atoms with Crippen LogP contribution in [0.1, 0.15) is 29.3 Å². The summed E-state index contributed by atoms with van der Waals surface area (Å²) in [6.07, 6.45) is 11.4. The molecule has 2 N–H and O–H groups in total. The van der Waals surface area contributed by atoms with E-state index in [1.807, 2.05) is 62.9 Å². The van der Waals surface area contributed by atoms with Crippen molar-refractivity contribution in [1.29, 1.82) is 0 Å². The maximum Gasteiger partial charge on any atom is 0.0722 e. The minimum absolute atomic E-state index is 0.762. The molecule has 0 atom stereocenters. The summed E-state index contributed by atoms with van der Waals surface area (Å²) in [6.45, 7) is 5.37. The standard InChI is InChI=1S/C27H33N5O/c1-4-33-18-17-32(3)21-22-8-10-24(11-9-22)30-16-12-23-19-29-15-13-25(23)26(20-28-2)27-7-5-6-14-31-27/h5-16,19-20,28,30H,4,17-18,21H2,1-3H3/b16-12+,26-20?. The van der Waals surface area contributed by atoms with E-state index in [-0.39, 0.29) is 0 Å². The summed E-state index contributed by atoms with van der Waals surface area (Å²) in [4.78, 5) is 11.1. The number of likely N-dealkylation sites (N-methyl/N-ethyl adjacent to an activating group) is 1. The first-order chi connectivity index (χ1) is 16.2. The summed E-state index contributed by atoms with van der Waals surface area (Å²) in [5.74, 6) is 0. The Morgan fingerprint density at radius 1 is 1.09 bits per heavy atom. The van der Waals surface area contributed by atoms with E-state index >= 15 is 0 Å². The molecule has 0 aliphatic heterocycles. The average molecular weight is 444 g/mol. The predicted octanol–water partition coefficient (Wildman–Crippen LogP) is 4.64. The zero-order valence-corrected chi connectivity index (χ0v) is 19.7. The van der Waals surface area contributed by atoms with Gasteiger partial charge < -0.3 is 15.4 Å². The number of benzene rings is 1. The minimum Gasteiger partial charge on any atom is -0.393 e. The number of pyridine rings is 2. The number of nitrogens with one attached hydrogen (secondary N) is 2. The smallest absolute Gasteiger partial charge is 0.0722 e. The van der Waals surface area contributed by atoms with E-state index in [9.17, 15) is 0 Å². The maximum absolute atomic E-state index is 5.43. The second kappa shape index (κ2) is 13.2. The van der Waals surface area contributed by atoms with Gasteiger partial charge in [0.15, 0.2) is 0 Å². The van der Waals surface area contributed by atoms with Crippen LogP contribution in [0.2, 0.25) is 0 Å². The summed E-state index contributed by atoms with van der Waals surface area (Å²) in [5, 5.41) is 6.49. The number of rotatable bonds is 12. The molecule has 0 fully saturated rings. The molecule has 1 aromatic carbocycles. The Labute approximate surface area is 197 Å². The normalized spacial score (nSPS) is 11.8. The molecule has 3 aromatic rings. The molecule has 172 valence electrons. The number of anilines is 1. The lowest BCUT2D eigenvalue weighted by Gasteiger charge is -2.16. The van der Waals surface area contributed by atoms with Gasteiger partial charge in [0, 0.05) is 74.6 Å². The Morgan fingerprint density at radius 2 is 1.94 bits per heavy atom. The summed E-state index contributed by atoms with van der Waals surface area (Å²) < 4.78 is 5.43. The minimum atomic E-state index is 0.762. The molecule has 6 heteroatoms. The van der Waals surface area contributed by atoms with Gasteiger partial charge in [0.25, 0.3) is 0 Å². The Kier molecular flexibility index (Phi) is 9.63. The van der Waals surface area contributed by atoms with Crippen molar-refractivity contribution in [2.75, 3.05) is 39.2 Å².